The maximum Gasteiger partial charge on any atom is 0.355 e. The summed E-state index contributed by atoms with van der Waals surface area (Å²) >= 11 is 3.62. The SMILES string of the molecule is CCOC(=O)c1[nH]cc2c1C1C=C(Br)C2CC1. The molecule has 0 aliphatic heterocycles. The molecule has 17 heavy (non-hydrogen) atoms. The molecule has 0 radical (unpaired) electrons. The number of aromatic nitrogens is 1. The van der Waals surface area contributed by atoms with Crippen molar-refractivity contribution in [2.24, 2.45) is 0 Å². The molecule has 4 rings (SSSR count). The monoisotopic (exact) mass is 295 g/mol. The Bertz CT molecular complexity index is 504. The molecule has 0 saturated carbocycles. The molecule has 2 bridgehead atoms. The van der Waals surface area contributed by atoms with Gasteiger partial charge in [0, 0.05) is 18.0 Å². The Labute approximate surface area is 108 Å². The highest BCUT2D eigenvalue weighted by Gasteiger charge is 2.37. The highest BCUT2D eigenvalue weighted by molar-refractivity contribution is 9.11. The van der Waals surface area contributed by atoms with E-state index in [1.54, 1.807) is 0 Å². The van der Waals surface area contributed by atoms with Gasteiger partial charge < -0.3 is 9.72 Å². The number of hydrogen-bond donors (Lipinski definition) is 1. The summed E-state index contributed by atoms with van der Waals surface area (Å²) in [6.45, 7) is 2.25. The molecule has 2 unspecified atom stereocenters. The third-order valence-electron chi connectivity index (χ3n) is 3.64. The third-order valence-corrected chi connectivity index (χ3v) is 4.45. The van der Waals surface area contributed by atoms with E-state index in [4.69, 9.17) is 4.74 Å². The molecule has 0 spiro atoms. The van der Waals surface area contributed by atoms with Crippen LogP contribution in [0, 0.1) is 0 Å². The van der Waals surface area contributed by atoms with Crippen molar-refractivity contribution >= 4 is 21.9 Å². The molecular formula is C13H14BrNO2. The van der Waals surface area contributed by atoms with Gasteiger partial charge in [-0.25, -0.2) is 4.79 Å². The van der Waals surface area contributed by atoms with Crippen LogP contribution in [-0.4, -0.2) is 17.6 Å². The van der Waals surface area contributed by atoms with Crippen molar-refractivity contribution in [2.45, 2.75) is 31.6 Å². The maximum absolute atomic E-state index is 11.8. The molecule has 90 valence electrons. The summed E-state index contributed by atoms with van der Waals surface area (Å²) in [4.78, 5) is 14.9. The van der Waals surface area contributed by atoms with Crippen molar-refractivity contribution in [1.82, 2.24) is 4.98 Å². The Kier molecular flexibility index (Phi) is 2.62. The number of hydrogen-bond acceptors (Lipinski definition) is 2. The van der Waals surface area contributed by atoms with Crippen LogP contribution in [0.3, 0.4) is 0 Å². The van der Waals surface area contributed by atoms with Crippen LogP contribution in [0.15, 0.2) is 16.8 Å². The van der Waals surface area contributed by atoms with Gasteiger partial charge in [0.2, 0.25) is 0 Å². The minimum Gasteiger partial charge on any atom is -0.461 e. The number of carbonyl (C=O) groups is 1. The number of esters is 1. The number of nitrogens with one attached hydrogen (secondary N) is 1. The third kappa shape index (κ3) is 1.58. The number of aromatic amines is 1. The standard InChI is InChI=1S/C13H14BrNO2/c1-2-17-13(16)12-11-7-3-4-8(10(14)5-7)9(11)6-15-12/h5-8,15H,2-4H2,1H3. The van der Waals surface area contributed by atoms with Crippen molar-refractivity contribution in [1.29, 1.82) is 0 Å². The lowest BCUT2D eigenvalue weighted by Crippen LogP contribution is -2.20. The van der Waals surface area contributed by atoms with Crippen LogP contribution in [0.4, 0.5) is 0 Å². The summed E-state index contributed by atoms with van der Waals surface area (Å²) in [6, 6.07) is 0. The van der Waals surface area contributed by atoms with Crippen molar-refractivity contribution in [3.05, 3.63) is 33.6 Å². The molecule has 1 aromatic rings. The summed E-state index contributed by atoms with van der Waals surface area (Å²) in [6.07, 6.45) is 6.48. The Morgan fingerprint density at radius 2 is 2.41 bits per heavy atom. The van der Waals surface area contributed by atoms with E-state index in [9.17, 15) is 4.79 Å². The molecule has 0 fully saturated rings. The molecule has 2 atom stereocenters. The fraction of sp³-hybridized carbons (Fsp3) is 0.462. The first kappa shape index (κ1) is 11.1. The Morgan fingerprint density at radius 3 is 3.12 bits per heavy atom. The first-order chi connectivity index (χ1) is 8.22. The van der Waals surface area contributed by atoms with Gasteiger partial charge in [-0.05, 0) is 35.4 Å². The van der Waals surface area contributed by atoms with Gasteiger partial charge >= 0.3 is 5.97 Å². The maximum atomic E-state index is 11.8. The zero-order chi connectivity index (χ0) is 12.0. The molecule has 1 N–H and O–H groups in total. The summed E-state index contributed by atoms with van der Waals surface area (Å²) in [5.41, 5.74) is 3.06. The summed E-state index contributed by atoms with van der Waals surface area (Å²) < 4.78 is 6.34. The summed E-state index contributed by atoms with van der Waals surface area (Å²) in [7, 11) is 0. The number of ether oxygens (including phenoxy) is 1. The van der Waals surface area contributed by atoms with Crippen molar-refractivity contribution in [3.8, 4) is 0 Å². The second kappa shape index (κ2) is 4.02. The van der Waals surface area contributed by atoms with Crippen LogP contribution in [0.2, 0.25) is 0 Å². The molecule has 1 heterocycles. The van der Waals surface area contributed by atoms with Gasteiger partial charge in [-0.15, -0.1) is 0 Å². The van der Waals surface area contributed by atoms with Gasteiger partial charge in [0.05, 0.1) is 6.61 Å². The highest BCUT2D eigenvalue weighted by atomic mass is 79.9. The Hall–Kier alpha value is -1.03. The van der Waals surface area contributed by atoms with Crippen LogP contribution in [-0.2, 0) is 4.74 Å². The number of rotatable bonds is 2. The minimum absolute atomic E-state index is 0.231. The average molecular weight is 296 g/mol. The fourth-order valence-corrected chi connectivity index (χ4v) is 3.71. The van der Waals surface area contributed by atoms with Gasteiger partial charge in [-0.1, -0.05) is 22.0 Å². The molecule has 3 aliphatic rings. The first-order valence-electron chi connectivity index (χ1n) is 5.97. The molecule has 0 amide bonds. The first-order valence-corrected chi connectivity index (χ1v) is 6.77. The predicted octanol–water partition coefficient (Wildman–Crippen LogP) is 3.44. The van der Waals surface area contributed by atoms with E-state index in [0.717, 1.165) is 18.4 Å². The fourth-order valence-electron chi connectivity index (χ4n) is 2.92. The van der Waals surface area contributed by atoms with E-state index >= 15 is 0 Å². The minimum atomic E-state index is -0.231. The van der Waals surface area contributed by atoms with Crippen LogP contribution >= 0.6 is 15.9 Å². The van der Waals surface area contributed by atoms with Crippen LogP contribution < -0.4 is 0 Å². The van der Waals surface area contributed by atoms with Crippen molar-refractivity contribution in [3.63, 3.8) is 0 Å². The topological polar surface area (TPSA) is 42.1 Å². The number of carbonyl (C=O) groups excluding carboxylic acids is 1. The number of halogens is 1. The molecular weight excluding hydrogens is 282 g/mol. The smallest absolute Gasteiger partial charge is 0.355 e. The van der Waals surface area contributed by atoms with E-state index in [0.29, 0.717) is 24.1 Å². The predicted molar refractivity (Wildman–Crippen MR) is 68.5 cm³/mol. The average Bonchev–Trinajstić information content (AvgIpc) is 2.75. The van der Waals surface area contributed by atoms with E-state index in [1.807, 2.05) is 13.1 Å². The van der Waals surface area contributed by atoms with Gasteiger partial charge in [-0.3, -0.25) is 0 Å². The Balaban J connectivity index is 2.04. The van der Waals surface area contributed by atoms with E-state index in [2.05, 4.69) is 27.0 Å². The second-order valence-electron chi connectivity index (χ2n) is 4.54. The number of allylic oxidation sites excluding steroid dienone is 2. The van der Waals surface area contributed by atoms with Crippen molar-refractivity contribution < 1.29 is 9.53 Å². The lowest BCUT2D eigenvalue weighted by molar-refractivity contribution is 0.0518. The molecule has 4 heteroatoms. The quantitative estimate of drug-likeness (QED) is 0.849. The lowest BCUT2D eigenvalue weighted by Gasteiger charge is -2.34. The van der Waals surface area contributed by atoms with E-state index < -0.39 is 0 Å². The highest BCUT2D eigenvalue weighted by Crippen LogP contribution is 2.51. The van der Waals surface area contributed by atoms with Gasteiger partial charge in [0.25, 0.3) is 0 Å². The molecule has 0 saturated heterocycles. The molecule has 3 aliphatic carbocycles. The lowest BCUT2D eigenvalue weighted by atomic mass is 9.72. The van der Waals surface area contributed by atoms with Gasteiger partial charge in [0.1, 0.15) is 5.69 Å². The Morgan fingerprint density at radius 1 is 1.59 bits per heavy atom. The van der Waals surface area contributed by atoms with Crippen LogP contribution in [0.1, 0.15) is 53.2 Å². The molecule has 3 nitrogen and oxygen atoms in total. The largest absolute Gasteiger partial charge is 0.461 e. The van der Waals surface area contributed by atoms with E-state index in [1.165, 1.54) is 10.0 Å². The second-order valence-corrected chi connectivity index (χ2v) is 5.46. The van der Waals surface area contributed by atoms with Crippen LogP contribution in [0.25, 0.3) is 0 Å². The molecule has 0 aromatic carbocycles. The number of fused-ring (bicyclic) bond motifs is 1. The van der Waals surface area contributed by atoms with Crippen LogP contribution in [0.5, 0.6) is 0 Å². The summed E-state index contributed by atoms with van der Waals surface area (Å²) in [5, 5.41) is 0. The van der Waals surface area contributed by atoms with Crippen molar-refractivity contribution in [2.75, 3.05) is 6.61 Å². The zero-order valence-corrected chi connectivity index (χ0v) is 11.2. The van der Waals surface area contributed by atoms with Gasteiger partial charge in [-0.2, -0.15) is 0 Å². The number of H-pyrrole nitrogens is 1. The zero-order valence-electron chi connectivity index (χ0n) is 9.63. The van der Waals surface area contributed by atoms with Gasteiger partial charge in [0.15, 0.2) is 0 Å². The summed E-state index contributed by atoms with van der Waals surface area (Å²) in [5.74, 6) is 0.551. The molecule has 1 aromatic heterocycles. The van der Waals surface area contributed by atoms with E-state index in [-0.39, 0.29) is 5.97 Å². The normalized spacial score (nSPS) is 25.4.